The summed E-state index contributed by atoms with van der Waals surface area (Å²) in [4.78, 5) is 14.6. The molecule has 2 aromatic carbocycles. The van der Waals surface area contributed by atoms with Gasteiger partial charge in [-0.2, -0.15) is 0 Å². The number of fused-ring (bicyclic) bond motifs is 3. The van der Waals surface area contributed by atoms with Crippen molar-refractivity contribution < 1.29 is 22.7 Å². The van der Waals surface area contributed by atoms with Crippen molar-refractivity contribution in [1.82, 2.24) is 4.90 Å². The molecule has 0 bridgehead atoms. The quantitative estimate of drug-likeness (QED) is 0.707. The Balaban J connectivity index is 1.83. The van der Waals surface area contributed by atoms with Gasteiger partial charge in [0.25, 0.3) is 10.0 Å². The van der Waals surface area contributed by atoms with Crippen LogP contribution in [-0.2, 0) is 19.6 Å². The van der Waals surface area contributed by atoms with Gasteiger partial charge in [-0.1, -0.05) is 30.7 Å². The first-order chi connectivity index (χ1) is 14.9. The van der Waals surface area contributed by atoms with Gasteiger partial charge in [0.2, 0.25) is 5.91 Å². The molecule has 0 N–H and O–H groups in total. The average molecular weight is 445 g/mol. The number of morpholine rings is 1. The fourth-order valence-electron chi connectivity index (χ4n) is 4.40. The van der Waals surface area contributed by atoms with Gasteiger partial charge in [0, 0.05) is 24.7 Å². The molecule has 0 aromatic heterocycles. The van der Waals surface area contributed by atoms with E-state index in [1.165, 1.54) is 4.31 Å². The standard InChI is InChI=1S/C23H28N2O5S/c1-4-12-24-20-11-13-25(31(27,28)18-8-5-16(2)6-9-18)21-14-17(29-3)7-10-19(21)23(20)30-15-22(24)26/h5-10,14,20,23H,4,11-13,15H2,1-3H3/t20-,23-/m1/s1. The molecule has 8 heteroatoms. The molecular formula is C23H28N2O5S. The maximum absolute atomic E-state index is 13.7. The fraction of sp³-hybridized carbons (Fsp3) is 0.435. The highest BCUT2D eigenvalue weighted by Gasteiger charge is 2.42. The monoisotopic (exact) mass is 444 g/mol. The molecule has 2 atom stereocenters. The molecule has 0 saturated carbocycles. The topological polar surface area (TPSA) is 76.2 Å². The van der Waals surface area contributed by atoms with Gasteiger partial charge >= 0.3 is 0 Å². The van der Waals surface area contributed by atoms with Crippen LogP contribution in [0.4, 0.5) is 5.69 Å². The van der Waals surface area contributed by atoms with Gasteiger partial charge in [-0.25, -0.2) is 8.42 Å². The van der Waals surface area contributed by atoms with E-state index in [0.717, 1.165) is 17.5 Å². The van der Waals surface area contributed by atoms with Crippen LogP contribution < -0.4 is 9.04 Å². The number of hydrogen-bond donors (Lipinski definition) is 0. The van der Waals surface area contributed by atoms with Crippen molar-refractivity contribution in [3.8, 4) is 5.75 Å². The number of sulfonamides is 1. The molecule has 1 amide bonds. The number of aryl methyl sites for hydroxylation is 1. The highest BCUT2D eigenvalue weighted by molar-refractivity contribution is 7.92. The molecule has 0 spiro atoms. The zero-order valence-electron chi connectivity index (χ0n) is 18.1. The van der Waals surface area contributed by atoms with Crippen molar-refractivity contribution >= 4 is 21.6 Å². The first-order valence-electron chi connectivity index (χ1n) is 10.5. The molecule has 4 rings (SSSR count). The van der Waals surface area contributed by atoms with E-state index in [9.17, 15) is 13.2 Å². The number of amides is 1. The van der Waals surface area contributed by atoms with Crippen LogP contribution in [0.15, 0.2) is 47.4 Å². The predicted octanol–water partition coefficient (Wildman–Crippen LogP) is 3.28. The molecule has 0 aliphatic carbocycles. The minimum Gasteiger partial charge on any atom is -0.497 e. The number of ether oxygens (including phenoxy) is 2. The minimum atomic E-state index is -3.81. The van der Waals surface area contributed by atoms with Crippen molar-refractivity contribution in [3.63, 3.8) is 0 Å². The summed E-state index contributed by atoms with van der Waals surface area (Å²) in [6.45, 7) is 4.82. The predicted molar refractivity (Wildman–Crippen MR) is 118 cm³/mol. The van der Waals surface area contributed by atoms with E-state index in [1.807, 2.05) is 30.9 Å². The Bertz CT molecular complexity index is 1070. The maximum Gasteiger partial charge on any atom is 0.264 e. The number of rotatable bonds is 5. The van der Waals surface area contributed by atoms with E-state index in [1.54, 1.807) is 37.4 Å². The van der Waals surface area contributed by atoms with Gasteiger partial charge in [0.15, 0.2) is 0 Å². The summed E-state index contributed by atoms with van der Waals surface area (Å²) >= 11 is 0. The summed E-state index contributed by atoms with van der Waals surface area (Å²) in [5, 5.41) is 0. The van der Waals surface area contributed by atoms with Crippen molar-refractivity contribution in [2.75, 3.05) is 31.1 Å². The minimum absolute atomic E-state index is 0.00263. The SMILES string of the molecule is CCCN1C(=O)CO[C@@H]2c3ccc(OC)cc3N(S(=O)(=O)c3ccc(C)cc3)CC[C@H]21. The summed E-state index contributed by atoms with van der Waals surface area (Å²) in [5.74, 6) is 0.520. The normalized spacial score (nSPS) is 21.3. The average Bonchev–Trinajstić information content (AvgIpc) is 2.93. The smallest absolute Gasteiger partial charge is 0.264 e. The number of benzene rings is 2. The fourth-order valence-corrected chi connectivity index (χ4v) is 5.90. The van der Waals surface area contributed by atoms with E-state index >= 15 is 0 Å². The van der Waals surface area contributed by atoms with Crippen LogP contribution in [0.5, 0.6) is 5.75 Å². The molecule has 2 heterocycles. The van der Waals surface area contributed by atoms with E-state index in [4.69, 9.17) is 9.47 Å². The third kappa shape index (κ3) is 3.90. The van der Waals surface area contributed by atoms with Crippen LogP contribution in [0.25, 0.3) is 0 Å². The van der Waals surface area contributed by atoms with Gasteiger partial charge < -0.3 is 14.4 Å². The Morgan fingerprint density at radius 2 is 1.90 bits per heavy atom. The number of methoxy groups -OCH3 is 1. The molecule has 7 nitrogen and oxygen atoms in total. The number of nitrogens with zero attached hydrogens (tertiary/aromatic N) is 2. The van der Waals surface area contributed by atoms with E-state index in [0.29, 0.717) is 24.4 Å². The maximum atomic E-state index is 13.7. The van der Waals surface area contributed by atoms with Crippen LogP contribution in [0.2, 0.25) is 0 Å². The van der Waals surface area contributed by atoms with Gasteiger partial charge in [-0.3, -0.25) is 9.10 Å². The Morgan fingerprint density at radius 3 is 2.58 bits per heavy atom. The lowest BCUT2D eigenvalue weighted by molar-refractivity contribution is -0.157. The Morgan fingerprint density at radius 1 is 1.16 bits per heavy atom. The van der Waals surface area contributed by atoms with E-state index in [-0.39, 0.29) is 36.1 Å². The molecular weight excluding hydrogens is 416 g/mol. The summed E-state index contributed by atoms with van der Waals surface area (Å²) in [6, 6.07) is 12.0. The molecule has 2 aliphatic rings. The largest absolute Gasteiger partial charge is 0.497 e. The van der Waals surface area contributed by atoms with Crippen LogP contribution in [0.3, 0.4) is 0 Å². The number of carbonyl (C=O) groups excluding carboxylic acids is 1. The van der Waals surface area contributed by atoms with Crippen LogP contribution >= 0.6 is 0 Å². The van der Waals surface area contributed by atoms with Crippen molar-refractivity contribution in [3.05, 3.63) is 53.6 Å². The second-order valence-corrected chi connectivity index (χ2v) is 9.85. The molecule has 2 aromatic rings. The lowest BCUT2D eigenvalue weighted by atomic mass is 9.96. The zero-order chi connectivity index (χ0) is 22.2. The molecule has 166 valence electrons. The lowest BCUT2D eigenvalue weighted by Gasteiger charge is -2.40. The Labute approximate surface area is 183 Å². The molecule has 0 radical (unpaired) electrons. The number of anilines is 1. The van der Waals surface area contributed by atoms with Gasteiger partial charge in [0.1, 0.15) is 18.5 Å². The second kappa shape index (κ2) is 8.51. The zero-order valence-corrected chi connectivity index (χ0v) is 18.9. The molecule has 0 unspecified atom stereocenters. The van der Waals surface area contributed by atoms with Gasteiger partial charge in [-0.05, 0) is 38.0 Å². The molecule has 1 saturated heterocycles. The highest BCUT2D eigenvalue weighted by atomic mass is 32.2. The van der Waals surface area contributed by atoms with E-state index in [2.05, 4.69) is 0 Å². The molecule has 1 fully saturated rings. The van der Waals surface area contributed by atoms with Crippen molar-refractivity contribution in [2.24, 2.45) is 0 Å². The Kier molecular flexibility index (Phi) is 5.94. The van der Waals surface area contributed by atoms with Crippen LogP contribution in [-0.4, -0.2) is 52.1 Å². The summed E-state index contributed by atoms with van der Waals surface area (Å²) in [6.07, 6.45) is 0.928. The Hall–Kier alpha value is -2.58. The third-order valence-electron chi connectivity index (χ3n) is 5.97. The summed E-state index contributed by atoms with van der Waals surface area (Å²) < 4.78 is 40.1. The summed E-state index contributed by atoms with van der Waals surface area (Å²) in [5.41, 5.74) is 2.29. The summed E-state index contributed by atoms with van der Waals surface area (Å²) in [7, 11) is -2.25. The highest BCUT2D eigenvalue weighted by Crippen LogP contribution is 2.43. The molecule has 31 heavy (non-hydrogen) atoms. The van der Waals surface area contributed by atoms with Gasteiger partial charge in [0.05, 0.1) is 23.7 Å². The number of hydrogen-bond acceptors (Lipinski definition) is 5. The van der Waals surface area contributed by atoms with Crippen LogP contribution in [0, 0.1) is 6.92 Å². The third-order valence-corrected chi connectivity index (χ3v) is 7.80. The van der Waals surface area contributed by atoms with E-state index < -0.39 is 10.0 Å². The van der Waals surface area contributed by atoms with Crippen molar-refractivity contribution in [2.45, 2.75) is 43.7 Å². The number of carbonyl (C=O) groups is 1. The van der Waals surface area contributed by atoms with Crippen molar-refractivity contribution in [1.29, 1.82) is 0 Å². The van der Waals surface area contributed by atoms with Crippen LogP contribution in [0.1, 0.15) is 37.0 Å². The van der Waals surface area contributed by atoms with Gasteiger partial charge in [-0.15, -0.1) is 0 Å². The molecule has 2 aliphatic heterocycles. The lowest BCUT2D eigenvalue weighted by Crippen LogP contribution is -2.51. The second-order valence-electron chi connectivity index (χ2n) is 7.99. The first kappa shape index (κ1) is 21.6. The first-order valence-corrected chi connectivity index (χ1v) is 12.0.